The third-order valence-electron chi connectivity index (χ3n) is 7.69. The summed E-state index contributed by atoms with van der Waals surface area (Å²) in [6.07, 6.45) is 4.78. The third kappa shape index (κ3) is 208. The summed E-state index contributed by atoms with van der Waals surface area (Å²) in [5.74, 6) is -0.690. The lowest BCUT2D eigenvalue weighted by Crippen LogP contribution is -2.41. The molecule has 0 aliphatic heterocycles. The van der Waals surface area contributed by atoms with E-state index in [0.29, 0.717) is 12.5 Å². The molecule has 5 unspecified atom stereocenters. The first-order valence-electron chi connectivity index (χ1n) is 23.8. The number of carbonyl (C=O) groups excluding carboxylic acids is 4. The summed E-state index contributed by atoms with van der Waals surface area (Å²) in [5, 5.41) is 78.8. The first-order valence-corrected chi connectivity index (χ1v) is 23.8. The van der Waals surface area contributed by atoms with Crippen molar-refractivity contribution in [1.82, 2.24) is 53.2 Å². The Balaban J connectivity index is -0.0000000469. The van der Waals surface area contributed by atoms with Gasteiger partial charge in [-0.15, -0.1) is 0 Å². The van der Waals surface area contributed by atoms with E-state index in [-0.39, 0.29) is 61.5 Å². The van der Waals surface area contributed by atoms with Gasteiger partial charge in [0.25, 0.3) is 5.95 Å². The highest BCUT2D eigenvalue weighted by molar-refractivity contribution is 5.77. The van der Waals surface area contributed by atoms with Gasteiger partial charge < -0.3 is 99.5 Å². The Hall–Kier alpha value is -3.78. The lowest BCUT2D eigenvalue weighted by atomic mass is 10.1. The lowest BCUT2D eigenvalue weighted by Gasteiger charge is -2.12. The average molecular weight is 1040 g/mol. The van der Waals surface area contributed by atoms with Gasteiger partial charge in [-0.1, -0.05) is 47.3 Å². The molecule has 0 saturated carbocycles. The standard InChI is InChI=1S/C6H15N.C5H13NO.C5H11N.C4H9NO2.C4H11NO.C4H8O.C3H7NO2.C3H9NO.2C3H7NO.2C3H9N.C3H7N/c1-5(2)6(3)7-4;1-4(6-3)5(2)7;1-4-5(2)6-3;1-3(5-2)4(6)7;1-4(3-6)5-2;1-3-4(2)5;1-4-2-3(5)6;1-3(5)4-2;2*1-3(5)2-4;3*1-3-4-2/h5-7H,1-4H3;4-7H,1-3H3;4,6H,1-3H3;3,5H,1-2H3,(H,6,7);4-6H,3H2,1-2H3;3H2,1-2H3;2,4-6H,1H3;3-5H,1-2H3;2*2,4H2,1H3;2*4H,3H2,1-2H3;3-4H,1H2,2H3/p-1/b;;5-4+;;;;;;;;;;/t;;;;4-;;;;;;;;/m....0......../s1. The summed E-state index contributed by atoms with van der Waals surface area (Å²) < 4.78 is 0. The number of hydrogen-bond acceptors (Lipinski definition) is 22. The molecule has 0 spiro atoms. The zero-order valence-corrected chi connectivity index (χ0v) is 50.2. The van der Waals surface area contributed by atoms with E-state index in [1.54, 1.807) is 48.1 Å². The van der Waals surface area contributed by atoms with Crippen molar-refractivity contribution in [3.05, 3.63) is 36.7 Å². The van der Waals surface area contributed by atoms with Gasteiger partial charge in [-0.2, -0.15) is 0 Å². The normalized spacial score (nSPS) is 11.2. The summed E-state index contributed by atoms with van der Waals surface area (Å²) in [4.78, 5) is 38.9. The van der Waals surface area contributed by atoms with Crippen molar-refractivity contribution in [2.24, 2.45) is 17.4 Å². The fourth-order valence-corrected chi connectivity index (χ4v) is 1.06. The molecule has 438 valence electrons. The van der Waals surface area contributed by atoms with E-state index in [1.165, 1.54) is 26.5 Å². The summed E-state index contributed by atoms with van der Waals surface area (Å²) in [7, 11) is 18.1. The number of Topliss-reactive ketones (excluding diaryl/α,β-unsaturated/α-hetero) is 3. The molecule has 22 nitrogen and oxygen atoms in total. The van der Waals surface area contributed by atoms with Crippen LogP contribution in [0, 0.1) is 5.92 Å². The van der Waals surface area contributed by atoms with Gasteiger partial charge >= 0.3 is 0 Å². The van der Waals surface area contributed by atoms with Crippen LogP contribution in [0.15, 0.2) is 36.7 Å². The highest BCUT2D eigenvalue weighted by Crippen LogP contribution is 1.97. The van der Waals surface area contributed by atoms with Crippen LogP contribution in [0.4, 0.5) is 0 Å². The molecule has 0 aromatic carbocycles. The molecule has 22 heteroatoms. The van der Waals surface area contributed by atoms with Gasteiger partial charge in [-0.25, -0.2) is 0 Å². The minimum Gasteiger partial charge on any atom is -0.548 e. The SMILES string of the molecule is C/C=C(\C)NC.C=CNC.CC(=O)CN.CC(=O)CN.CCC(C)=O.CCNC.CCNC.CNC(C)C(=O)[O-].CNC(C)C(C)C.CNC(C)C(C)O.CNC(C)O.CNC=C(O)O.CN[C@@H](C)CO. The number of aliphatic hydroxyl groups excluding tert-OH is 4. The molecule has 0 fully saturated rings. The van der Waals surface area contributed by atoms with E-state index >= 15 is 0 Å². The van der Waals surface area contributed by atoms with Gasteiger partial charge in [0.2, 0.25) is 0 Å². The smallest absolute Gasteiger partial charge is 0.290 e. The molecule has 0 amide bonds. The minimum atomic E-state index is -1.07. The lowest BCUT2D eigenvalue weighted by molar-refractivity contribution is -0.307. The van der Waals surface area contributed by atoms with Crippen molar-refractivity contribution in [3.63, 3.8) is 0 Å². The van der Waals surface area contributed by atoms with E-state index in [2.05, 4.69) is 94.4 Å². The molecule has 71 heavy (non-hydrogen) atoms. The zero-order chi connectivity index (χ0) is 59.9. The number of aliphatic carboxylic acids is 1. The quantitative estimate of drug-likeness (QED) is 0.0708. The van der Waals surface area contributed by atoms with E-state index < -0.39 is 18.0 Å². The number of aliphatic hydroxyl groups is 5. The van der Waals surface area contributed by atoms with Gasteiger partial charge in [-0.3, -0.25) is 14.9 Å². The maximum Gasteiger partial charge on any atom is 0.290 e. The van der Waals surface area contributed by atoms with Gasteiger partial charge in [0.05, 0.1) is 38.0 Å². The first-order chi connectivity index (χ1) is 32.8. The topological polar surface area (TPSA) is 365 Å². The molecule has 0 heterocycles. The van der Waals surface area contributed by atoms with Crippen LogP contribution >= 0.6 is 0 Å². The predicted molar refractivity (Wildman–Crippen MR) is 303 cm³/mol. The molecular formula is C49H121N12O10-. The number of carbonyl (C=O) groups is 4. The Morgan fingerprint density at radius 1 is 0.620 bits per heavy atom. The van der Waals surface area contributed by atoms with Gasteiger partial charge in [-0.05, 0) is 151 Å². The van der Waals surface area contributed by atoms with Crippen LogP contribution in [-0.4, -0.2) is 189 Å². The number of likely N-dealkylation sites (N-methyl/N-ethyl adjacent to an activating group) is 3. The second-order valence-corrected chi connectivity index (χ2v) is 14.6. The van der Waals surface area contributed by atoms with E-state index in [1.807, 2.05) is 90.0 Å². The van der Waals surface area contributed by atoms with Crippen molar-refractivity contribution in [2.45, 2.75) is 154 Å². The monoisotopic (exact) mass is 1040 g/mol. The Morgan fingerprint density at radius 2 is 0.930 bits per heavy atom. The maximum atomic E-state index is 9.81. The van der Waals surface area contributed by atoms with Crippen molar-refractivity contribution in [1.29, 1.82) is 0 Å². The molecule has 0 saturated heterocycles. The summed E-state index contributed by atoms with van der Waals surface area (Å²) in [6, 6.07) is 0.560. The van der Waals surface area contributed by atoms with Crippen molar-refractivity contribution in [3.8, 4) is 0 Å². The number of nitrogens with one attached hydrogen (secondary N) is 10. The van der Waals surface area contributed by atoms with Crippen LogP contribution in [0.25, 0.3) is 0 Å². The highest BCUT2D eigenvalue weighted by Gasteiger charge is 2.02. The molecule has 0 aromatic rings. The van der Waals surface area contributed by atoms with Crippen LogP contribution in [0.2, 0.25) is 0 Å². The molecule has 0 aromatic heterocycles. The van der Waals surface area contributed by atoms with Crippen LogP contribution in [0.3, 0.4) is 0 Å². The highest BCUT2D eigenvalue weighted by atomic mass is 16.5. The van der Waals surface area contributed by atoms with Crippen LogP contribution in [0.5, 0.6) is 0 Å². The van der Waals surface area contributed by atoms with Crippen LogP contribution in [-0.2, 0) is 19.2 Å². The predicted octanol–water partition coefficient (Wildman–Crippen LogP) is 0.805. The zero-order valence-electron chi connectivity index (χ0n) is 50.2. The van der Waals surface area contributed by atoms with E-state index in [9.17, 15) is 24.3 Å². The largest absolute Gasteiger partial charge is 0.548 e. The Kier molecular flexibility index (Phi) is 135. The molecule has 0 bridgehead atoms. The number of nitrogens with two attached hydrogens (primary N) is 2. The van der Waals surface area contributed by atoms with Crippen molar-refractivity contribution < 1.29 is 49.8 Å². The molecule has 0 aliphatic carbocycles. The molecule has 6 atom stereocenters. The first kappa shape index (κ1) is 100. The fourth-order valence-electron chi connectivity index (χ4n) is 1.06. The molecule has 0 aliphatic rings. The summed E-state index contributed by atoms with van der Waals surface area (Å²) in [5.41, 5.74) is 10.9. The number of hydrogen-bond donors (Lipinski definition) is 17. The Labute approximate surface area is 436 Å². The minimum absolute atomic E-state index is 0.0324. The van der Waals surface area contributed by atoms with Crippen molar-refractivity contribution >= 4 is 23.3 Å². The second-order valence-electron chi connectivity index (χ2n) is 14.6. The van der Waals surface area contributed by atoms with Crippen LogP contribution < -0.4 is 69.7 Å². The van der Waals surface area contributed by atoms with Gasteiger partial charge in [0.1, 0.15) is 23.6 Å². The number of allylic oxidation sites excluding steroid dienone is 2. The number of carboxylic acids is 1. The average Bonchev–Trinajstić information content (AvgIpc) is 3.36. The van der Waals surface area contributed by atoms with E-state index in [0.717, 1.165) is 25.2 Å². The molecule has 0 radical (unpaired) electrons. The number of rotatable bonds is 17. The molecule has 19 N–H and O–H groups in total. The Bertz CT molecular complexity index is 997. The molecule has 0 rings (SSSR count). The molecular weight excluding hydrogens is 917 g/mol. The summed E-state index contributed by atoms with van der Waals surface area (Å²) in [6.45, 7) is 36.0. The Morgan fingerprint density at radius 3 is 0.930 bits per heavy atom. The number of ketones is 3. The van der Waals surface area contributed by atoms with E-state index in [4.69, 9.17) is 37.0 Å². The van der Waals surface area contributed by atoms with Crippen molar-refractivity contribution in [2.75, 3.05) is 103 Å². The second kappa shape index (κ2) is 95.8. The van der Waals surface area contributed by atoms with Crippen LogP contribution in [0.1, 0.15) is 117 Å². The maximum absolute atomic E-state index is 9.81. The third-order valence-corrected chi connectivity index (χ3v) is 7.69. The van der Waals surface area contributed by atoms with Gasteiger partial charge in [0.15, 0.2) is 0 Å². The number of carboxylic acid groups (broad SMARTS) is 1. The summed E-state index contributed by atoms with van der Waals surface area (Å²) >= 11 is 0. The fraction of sp³-hybridized carbons (Fsp3) is 0.796. The van der Waals surface area contributed by atoms with Gasteiger partial charge in [0, 0.05) is 57.4 Å².